The van der Waals surface area contributed by atoms with Gasteiger partial charge in [-0.1, -0.05) is 55.8 Å². The molecule has 0 aliphatic carbocycles. The number of fused-ring (bicyclic) bond motifs is 1. The van der Waals surface area contributed by atoms with Gasteiger partial charge >= 0.3 is 0 Å². The molecular weight excluding hydrogens is 485 g/mol. The molecule has 1 amide bonds. The normalized spacial score (nSPS) is 10.9. The molecule has 0 spiro atoms. The number of nitrogens with zero attached hydrogens (tertiary/aromatic N) is 3. The summed E-state index contributed by atoms with van der Waals surface area (Å²) in [4.78, 5) is 23.6. The molecule has 0 unspecified atom stereocenters. The zero-order valence-electron chi connectivity index (χ0n) is 18.8. The number of aromatic nitrogens is 1. The highest BCUT2D eigenvalue weighted by molar-refractivity contribution is 7.99. The lowest BCUT2D eigenvalue weighted by Crippen LogP contribution is -2.39. The maximum atomic E-state index is 13.7. The summed E-state index contributed by atoms with van der Waals surface area (Å²) in [6, 6.07) is 11.4. The average Bonchev–Trinajstić information content (AvgIpc) is 3.23. The third-order valence-electron chi connectivity index (χ3n) is 5.09. The first-order chi connectivity index (χ1) is 15.0. The van der Waals surface area contributed by atoms with Crippen molar-refractivity contribution in [2.45, 2.75) is 25.7 Å². The van der Waals surface area contributed by atoms with E-state index in [0.717, 1.165) is 35.0 Å². The van der Waals surface area contributed by atoms with E-state index >= 15 is 0 Å². The quantitative estimate of drug-likeness (QED) is 0.290. The Hall–Kier alpha value is -1.51. The van der Waals surface area contributed by atoms with Gasteiger partial charge in [0, 0.05) is 18.0 Å². The Morgan fingerprint density at radius 2 is 1.84 bits per heavy atom. The van der Waals surface area contributed by atoms with Crippen LogP contribution in [0.1, 0.15) is 31.1 Å². The van der Waals surface area contributed by atoms with E-state index in [1.165, 1.54) is 11.3 Å². The molecule has 32 heavy (non-hydrogen) atoms. The van der Waals surface area contributed by atoms with Gasteiger partial charge in [0.2, 0.25) is 0 Å². The van der Waals surface area contributed by atoms with Crippen molar-refractivity contribution in [3.63, 3.8) is 0 Å². The van der Waals surface area contributed by atoms with Gasteiger partial charge < -0.3 is 9.64 Å². The molecule has 0 saturated carbocycles. The molecule has 0 N–H and O–H groups in total. The highest BCUT2D eigenvalue weighted by Gasteiger charge is 2.25. The predicted octanol–water partition coefficient (Wildman–Crippen LogP) is 6.48. The highest BCUT2D eigenvalue weighted by atomic mass is 35.5. The third kappa shape index (κ3) is 5.88. The molecule has 0 bridgehead atoms. The second-order valence-electron chi connectivity index (χ2n) is 6.84. The Morgan fingerprint density at radius 3 is 2.50 bits per heavy atom. The van der Waals surface area contributed by atoms with E-state index in [-0.39, 0.29) is 18.3 Å². The number of hydrogen-bond acceptors (Lipinski definition) is 6. The van der Waals surface area contributed by atoms with Crippen LogP contribution in [-0.2, 0) is 0 Å². The second-order valence-corrected chi connectivity index (χ2v) is 9.53. The number of halogens is 2. The topological polar surface area (TPSA) is 45.7 Å². The van der Waals surface area contributed by atoms with Gasteiger partial charge in [0.05, 0.1) is 22.4 Å². The van der Waals surface area contributed by atoms with E-state index in [4.69, 9.17) is 21.3 Å². The molecule has 0 atom stereocenters. The van der Waals surface area contributed by atoms with Crippen molar-refractivity contribution in [1.29, 1.82) is 0 Å². The summed E-state index contributed by atoms with van der Waals surface area (Å²) in [6.07, 6.45) is 0. The zero-order chi connectivity index (χ0) is 22.4. The summed E-state index contributed by atoms with van der Waals surface area (Å²) in [6.45, 7) is 9.52. The molecule has 3 aromatic rings. The standard InChI is InChI=1S/C23H28ClN3O2S2.ClH/c1-5-26(6-2)14-15-27(22(28)16-10-8-9-11-19(16)30-7-3)23-25-20-18(29-4)13-12-17(24)21(20)31-23;/h8-13H,5-7,14-15H2,1-4H3;1H. The number of likely N-dealkylation sites (N-methyl/N-ethyl adjacent to an activating group) is 1. The number of benzene rings is 2. The molecule has 0 aliphatic rings. The largest absolute Gasteiger partial charge is 0.494 e. The number of rotatable bonds is 10. The smallest absolute Gasteiger partial charge is 0.261 e. The summed E-state index contributed by atoms with van der Waals surface area (Å²) >= 11 is 9.54. The molecule has 0 radical (unpaired) electrons. The molecule has 174 valence electrons. The van der Waals surface area contributed by atoms with Crippen LogP contribution in [0.15, 0.2) is 41.3 Å². The fraction of sp³-hybridized carbons (Fsp3) is 0.391. The van der Waals surface area contributed by atoms with Gasteiger partial charge in [0.15, 0.2) is 5.13 Å². The number of thioether (sulfide) groups is 1. The van der Waals surface area contributed by atoms with Crippen molar-refractivity contribution in [2.75, 3.05) is 43.9 Å². The van der Waals surface area contributed by atoms with Gasteiger partial charge in [-0.3, -0.25) is 9.69 Å². The van der Waals surface area contributed by atoms with Gasteiger partial charge in [-0.25, -0.2) is 4.98 Å². The summed E-state index contributed by atoms with van der Waals surface area (Å²) in [5.74, 6) is 1.51. The van der Waals surface area contributed by atoms with Crippen LogP contribution in [-0.4, -0.2) is 54.8 Å². The number of amides is 1. The number of carbonyl (C=O) groups is 1. The monoisotopic (exact) mass is 513 g/mol. The highest BCUT2D eigenvalue weighted by Crippen LogP contribution is 2.39. The second kappa shape index (κ2) is 12.7. The minimum absolute atomic E-state index is 0. The van der Waals surface area contributed by atoms with Crippen LogP contribution in [0.2, 0.25) is 5.02 Å². The Balaban J connectivity index is 0.00000363. The van der Waals surface area contributed by atoms with Crippen LogP contribution in [0.25, 0.3) is 10.2 Å². The first-order valence-corrected chi connectivity index (χ1v) is 12.6. The van der Waals surface area contributed by atoms with Crippen LogP contribution in [0.4, 0.5) is 5.13 Å². The van der Waals surface area contributed by atoms with E-state index in [1.807, 2.05) is 30.3 Å². The van der Waals surface area contributed by atoms with Gasteiger partial charge in [0.1, 0.15) is 11.3 Å². The van der Waals surface area contributed by atoms with Crippen molar-refractivity contribution in [3.05, 3.63) is 47.0 Å². The number of thiazole rings is 1. The molecule has 1 heterocycles. The first kappa shape index (κ1) is 26.7. The molecule has 0 aliphatic heterocycles. The third-order valence-corrected chi connectivity index (χ3v) is 7.59. The lowest BCUT2D eigenvalue weighted by Gasteiger charge is -2.25. The minimum atomic E-state index is -0.0437. The van der Waals surface area contributed by atoms with Gasteiger partial charge in [-0.2, -0.15) is 0 Å². The fourth-order valence-electron chi connectivity index (χ4n) is 3.36. The average molecular weight is 515 g/mol. The fourth-order valence-corrected chi connectivity index (χ4v) is 5.43. The Labute approximate surface area is 209 Å². The molecule has 0 saturated heterocycles. The van der Waals surface area contributed by atoms with Crippen molar-refractivity contribution in [1.82, 2.24) is 9.88 Å². The Morgan fingerprint density at radius 1 is 1.12 bits per heavy atom. The number of anilines is 1. The molecule has 9 heteroatoms. The SMILES string of the molecule is CCSc1ccccc1C(=O)N(CCN(CC)CC)c1nc2c(OC)ccc(Cl)c2s1.Cl. The minimum Gasteiger partial charge on any atom is -0.494 e. The number of hydrogen-bond donors (Lipinski definition) is 0. The van der Waals surface area contributed by atoms with Crippen LogP contribution in [0, 0.1) is 0 Å². The van der Waals surface area contributed by atoms with E-state index in [0.29, 0.717) is 33.5 Å². The number of ether oxygens (including phenoxy) is 1. The van der Waals surface area contributed by atoms with Crippen molar-refractivity contribution >= 4 is 68.4 Å². The molecular formula is C23H29Cl2N3O2S2. The van der Waals surface area contributed by atoms with Crippen LogP contribution in [0.5, 0.6) is 5.75 Å². The van der Waals surface area contributed by atoms with E-state index < -0.39 is 0 Å². The maximum Gasteiger partial charge on any atom is 0.261 e. The van der Waals surface area contributed by atoms with Crippen molar-refractivity contribution in [2.24, 2.45) is 0 Å². The van der Waals surface area contributed by atoms with Gasteiger partial charge in [-0.15, -0.1) is 24.2 Å². The summed E-state index contributed by atoms with van der Waals surface area (Å²) < 4.78 is 6.30. The number of carbonyl (C=O) groups excluding carboxylic acids is 1. The van der Waals surface area contributed by atoms with Crippen LogP contribution in [0.3, 0.4) is 0 Å². The summed E-state index contributed by atoms with van der Waals surface area (Å²) in [5, 5.41) is 1.24. The molecule has 0 fully saturated rings. The van der Waals surface area contributed by atoms with Crippen molar-refractivity contribution in [3.8, 4) is 5.75 Å². The first-order valence-electron chi connectivity index (χ1n) is 10.4. The maximum absolute atomic E-state index is 13.7. The Kier molecular flexibility index (Phi) is 10.6. The van der Waals surface area contributed by atoms with Crippen LogP contribution < -0.4 is 9.64 Å². The van der Waals surface area contributed by atoms with E-state index in [2.05, 4.69) is 25.7 Å². The van der Waals surface area contributed by atoms with Crippen molar-refractivity contribution < 1.29 is 9.53 Å². The van der Waals surface area contributed by atoms with E-state index in [9.17, 15) is 4.79 Å². The van der Waals surface area contributed by atoms with E-state index in [1.54, 1.807) is 29.8 Å². The Bertz CT molecular complexity index is 1040. The molecule has 3 rings (SSSR count). The zero-order valence-corrected chi connectivity index (χ0v) is 22.0. The van der Waals surface area contributed by atoms with Gasteiger partial charge in [-0.05, 0) is 43.1 Å². The number of methoxy groups -OCH3 is 1. The lowest BCUT2D eigenvalue weighted by molar-refractivity contribution is 0.0981. The summed E-state index contributed by atoms with van der Waals surface area (Å²) in [5.41, 5.74) is 1.39. The predicted molar refractivity (Wildman–Crippen MR) is 141 cm³/mol. The van der Waals surface area contributed by atoms with Gasteiger partial charge in [0.25, 0.3) is 5.91 Å². The van der Waals surface area contributed by atoms with Crippen LogP contribution >= 0.6 is 47.1 Å². The molecule has 5 nitrogen and oxygen atoms in total. The summed E-state index contributed by atoms with van der Waals surface area (Å²) in [7, 11) is 1.61. The molecule has 1 aromatic heterocycles. The molecule has 2 aromatic carbocycles. The lowest BCUT2D eigenvalue weighted by atomic mass is 10.2.